The van der Waals surface area contributed by atoms with Crippen LogP contribution in [-0.4, -0.2) is 59.5 Å². The van der Waals surface area contributed by atoms with Crippen molar-refractivity contribution in [1.82, 2.24) is 5.32 Å². The van der Waals surface area contributed by atoms with Crippen LogP contribution in [0.2, 0.25) is 0 Å². The van der Waals surface area contributed by atoms with Crippen LogP contribution in [0.15, 0.2) is 18.2 Å². The lowest BCUT2D eigenvalue weighted by Crippen LogP contribution is -2.45. The Morgan fingerprint density at radius 3 is 2.54 bits per heavy atom. The van der Waals surface area contributed by atoms with Gasteiger partial charge in [0.05, 0.1) is 20.8 Å². The third-order valence-corrected chi connectivity index (χ3v) is 4.24. The fourth-order valence-electron chi connectivity index (χ4n) is 2.84. The third-order valence-electron chi connectivity index (χ3n) is 4.24. The number of amides is 1. The summed E-state index contributed by atoms with van der Waals surface area (Å²) in [5.74, 6) is 1.76. The van der Waals surface area contributed by atoms with E-state index in [0.717, 1.165) is 36.7 Å². The molecule has 2 atom stereocenters. The Bertz CT molecular complexity index is 530. The van der Waals surface area contributed by atoms with E-state index in [0.29, 0.717) is 12.5 Å². The maximum atomic E-state index is 11.8. The molecule has 24 heavy (non-hydrogen) atoms. The highest BCUT2D eigenvalue weighted by atomic mass is 16.5. The van der Waals surface area contributed by atoms with Crippen molar-refractivity contribution in [1.29, 1.82) is 0 Å². The molecule has 1 aromatic carbocycles. The molecule has 0 saturated carbocycles. The third kappa shape index (κ3) is 4.75. The molecule has 1 saturated heterocycles. The average Bonchev–Trinajstić information content (AvgIpc) is 3.08. The van der Waals surface area contributed by atoms with Gasteiger partial charge in [0.25, 0.3) is 0 Å². The number of anilines is 1. The van der Waals surface area contributed by atoms with Gasteiger partial charge in [0.15, 0.2) is 0 Å². The number of carbonyl (C=O) groups is 1. The molecule has 3 N–H and O–H groups in total. The van der Waals surface area contributed by atoms with E-state index in [1.807, 2.05) is 18.2 Å². The SMILES string of the molecule is COCC(N)C(=O)NCC1CCN(c2cc(OC)cc(OC)c2)C1. The van der Waals surface area contributed by atoms with Crippen LogP contribution in [0, 0.1) is 5.92 Å². The molecule has 1 heterocycles. The van der Waals surface area contributed by atoms with Crippen molar-refractivity contribution in [3.63, 3.8) is 0 Å². The van der Waals surface area contributed by atoms with E-state index in [-0.39, 0.29) is 12.5 Å². The summed E-state index contributed by atoms with van der Waals surface area (Å²) in [6.07, 6.45) is 1.01. The van der Waals surface area contributed by atoms with E-state index in [4.69, 9.17) is 19.9 Å². The molecule has 7 nitrogen and oxygen atoms in total. The summed E-state index contributed by atoms with van der Waals surface area (Å²) in [7, 11) is 4.82. The summed E-state index contributed by atoms with van der Waals surface area (Å²) in [6, 6.07) is 5.24. The quantitative estimate of drug-likeness (QED) is 0.723. The highest BCUT2D eigenvalue weighted by Gasteiger charge is 2.24. The molecule has 7 heteroatoms. The zero-order chi connectivity index (χ0) is 17.5. The topological polar surface area (TPSA) is 86.0 Å². The Hall–Kier alpha value is -1.99. The first-order chi connectivity index (χ1) is 11.6. The number of rotatable bonds is 8. The first-order valence-corrected chi connectivity index (χ1v) is 8.07. The van der Waals surface area contributed by atoms with Crippen molar-refractivity contribution in [2.75, 3.05) is 52.5 Å². The van der Waals surface area contributed by atoms with Crippen LogP contribution in [0.4, 0.5) is 5.69 Å². The Labute approximate surface area is 143 Å². The Balaban J connectivity index is 1.90. The van der Waals surface area contributed by atoms with Gasteiger partial charge in [-0.15, -0.1) is 0 Å². The Morgan fingerprint density at radius 1 is 1.29 bits per heavy atom. The van der Waals surface area contributed by atoms with Crippen molar-refractivity contribution in [2.24, 2.45) is 11.7 Å². The van der Waals surface area contributed by atoms with Gasteiger partial charge in [-0.2, -0.15) is 0 Å². The van der Waals surface area contributed by atoms with Gasteiger partial charge in [-0.1, -0.05) is 0 Å². The molecule has 1 fully saturated rings. The van der Waals surface area contributed by atoms with Crippen molar-refractivity contribution < 1.29 is 19.0 Å². The molecule has 1 aliphatic heterocycles. The zero-order valence-corrected chi connectivity index (χ0v) is 14.6. The highest BCUT2D eigenvalue weighted by molar-refractivity contribution is 5.81. The number of ether oxygens (including phenoxy) is 3. The molecule has 134 valence electrons. The molecule has 1 aromatic rings. The number of benzene rings is 1. The van der Waals surface area contributed by atoms with Gasteiger partial charge in [0.2, 0.25) is 5.91 Å². The number of nitrogens with two attached hydrogens (primary N) is 1. The molecule has 0 aromatic heterocycles. The fourth-order valence-corrected chi connectivity index (χ4v) is 2.84. The van der Waals surface area contributed by atoms with Crippen LogP contribution >= 0.6 is 0 Å². The summed E-state index contributed by atoms with van der Waals surface area (Å²) in [5.41, 5.74) is 6.79. The predicted molar refractivity (Wildman–Crippen MR) is 92.7 cm³/mol. The summed E-state index contributed by atoms with van der Waals surface area (Å²) >= 11 is 0. The van der Waals surface area contributed by atoms with Gasteiger partial charge in [-0.3, -0.25) is 4.79 Å². The van der Waals surface area contributed by atoms with E-state index in [2.05, 4.69) is 10.2 Å². The molecule has 0 aliphatic carbocycles. The molecule has 0 radical (unpaired) electrons. The molecule has 1 aliphatic rings. The van der Waals surface area contributed by atoms with Gasteiger partial charge in [0.1, 0.15) is 17.5 Å². The van der Waals surface area contributed by atoms with Gasteiger partial charge in [-0.05, 0) is 12.3 Å². The normalized spacial score (nSPS) is 18.3. The van der Waals surface area contributed by atoms with Crippen LogP contribution in [0.5, 0.6) is 11.5 Å². The second-order valence-electron chi connectivity index (χ2n) is 5.98. The number of hydrogen-bond acceptors (Lipinski definition) is 6. The largest absolute Gasteiger partial charge is 0.497 e. The lowest BCUT2D eigenvalue weighted by Gasteiger charge is -2.20. The molecule has 0 spiro atoms. The number of nitrogens with zero attached hydrogens (tertiary/aromatic N) is 1. The van der Waals surface area contributed by atoms with E-state index in [9.17, 15) is 4.79 Å². The van der Waals surface area contributed by atoms with Crippen LogP contribution in [0.1, 0.15) is 6.42 Å². The molecular weight excluding hydrogens is 310 g/mol. The maximum absolute atomic E-state index is 11.8. The van der Waals surface area contributed by atoms with Crippen LogP contribution < -0.4 is 25.4 Å². The van der Waals surface area contributed by atoms with Crippen molar-refractivity contribution in [2.45, 2.75) is 12.5 Å². The lowest BCUT2D eigenvalue weighted by atomic mass is 10.1. The average molecular weight is 337 g/mol. The van der Waals surface area contributed by atoms with Crippen LogP contribution in [0.25, 0.3) is 0 Å². The van der Waals surface area contributed by atoms with E-state index < -0.39 is 6.04 Å². The molecule has 2 rings (SSSR count). The molecule has 0 bridgehead atoms. The maximum Gasteiger partial charge on any atom is 0.239 e. The minimum absolute atomic E-state index is 0.168. The molecule has 1 amide bonds. The smallest absolute Gasteiger partial charge is 0.239 e. The van der Waals surface area contributed by atoms with Crippen molar-refractivity contribution in [3.05, 3.63) is 18.2 Å². The number of nitrogens with one attached hydrogen (secondary N) is 1. The standard InChI is InChI=1S/C17H27N3O4/c1-22-11-16(18)17(21)19-9-12-4-5-20(10-12)13-6-14(23-2)8-15(7-13)24-3/h6-8,12,16H,4-5,9-11,18H2,1-3H3,(H,19,21). The summed E-state index contributed by atoms with van der Waals surface area (Å²) in [4.78, 5) is 14.1. The Morgan fingerprint density at radius 2 is 1.96 bits per heavy atom. The summed E-state index contributed by atoms with van der Waals surface area (Å²) in [6.45, 7) is 2.65. The van der Waals surface area contributed by atoms with E-state index >= 15 is 0 Å². The fraction of sp³-hybridized carbons (Fsp3) is 0.588. The van der Waals surface area contributed by atoms with Crippen LogP contribution in [-0.2, 0) is 9.53 Å². The van der Waals surface area contributed by atoms with E-state index in [1.54, 1.807) is 14.2 Å². The number of hydrogen-bond donors (Lipinski definition) is 2. The highest BCUT2D eigenvalue weighted by Crippen LogP contribution is 2.31. The van der Waals surface area contributed by atoms with Crippen molar-refractivity contribution in [3.8, 4) is 11.5 Å². The number of carbonyl (C=O) groups excluding carboxylic acids is 1. The van der Waals surface area contributed by atoms with Crippen molar-refractivity contribution >= 4 is 11.6 Å². The number of methoxy groups -OCH3 is 3. The first kappa shape index (κ1) is 18.4. The monoisotopic (exact) mass is 337 g/mol. The van der Waals surface area contributed by atoms with E-state index in [1.165, 1.54) is 7.11 Å². The van der Waals surface area contributed by atoms with Gasteiger partial charge in [0, 0.05) is 50.6 Å². The zero-order valence-electron chi connectivity index (χ0n) is 14.6. The van der Waals surface area contributed by atoms with Crippen LogP contribution in [0.3, 0.4) is 0 Å². The van der Waals surface area contributed by atoms with Gasteiger partial charge >= 0.3 is 0 Å². The predicted octanol–water partition coefficient (Wildman–Crippen LogP) is 0.620. The first-order valence-electron chi connectivity index (χ1n) is 8.07. The molecular formula is C17H27N3O4. The summed E-state index contributed by atoms with van der Waals surface area (Å²) in [5, 5.41) is 2.91. The lowest BCUT2D eigenvalue weighted by molar-refractivity contribution is -0.123. The minimum Gasteiger partial charge on any atom is -0.497 e. The Kier molecular flexibility index (Phi) is 6.69. The minimum atomic E-state index is -0.616. The summed E-state index contributed by atoms with van der Waals surface area (Å²) < 4.78 is 15.5. The van der Waals surface area contributed by atoms with Gasteiger partial charge in [-0.25, -0.2) is 0 Å². The second kappa shape index (κ2) is 8.75. The van der Waals surface area contributed by atoms with Gasteiger partial charge < -0.3 is 30.2 Å². The molecule has 2 unspecified atom stereocenters. The second-order valence-corrected chi connectivity index (χ2v) is 5.98.